The Morgan fingerprint density at radius 2 is 1.87 bits per heavy atom. The van der Waals surface area contributed by atoms with E-state index in [9.17, 15) is 19.5 Å². The van der Waals surface area contributed by atoms with Crippen molar-refractivity contribution in [1.29, 1.82) is 0 Å². The number of rotatable bonds is 11. The van der Waals surface area contributed by atoms with Gasteiger partial charge in [-0.1, -0.05) is 53.5 Å². The Labute approximate surface area is 243 Å². The average Bonchev–Trinajstić information content (AvgIpc) is 3.49. The summed E-state index contributed by atoms with van der Waals surface area (Å²) in [6, 6.07) is 5.24. The molecule has 0 radical (unpaired) electrons. The SMILES string of the molecule is C=CCN(C)C(=O)[C@H]1[C@H]2C(=O)N([C@@H](CO)CC(C)C)C(C(=O)N(CC=C)c3ccc(Cl)cc3)C23CC(Br)[C@@H]1O3. The molecule has 39 heavy (non-hydrogen) atoms. The molecule has 8 nitrogen and oxygen atoms in total. The molecule has 3 fully saturated rings. The van der Waals surface area contributed by atoms with Gasteiger partial charge in [0.2, 0.25) is 11.8 Å². The fraction of sp³-hybridized carbons (Fsp3) is 0.552. The van der Waals surface area contributed by atoms with E-state index >= 15 is 0 Å². The molecule has 3 aliphatic heterocycles. The minimum absolute atomic E-state index is 0.154. The van der Waals surface area contributed by atoms with Crippen molar-refractivity contribution < 1.29 is 24.2 Å². The summed E-state index contributed by atoms with van der Waals surface area (Å²) < 4.78 is 6.62. The van der Waals surface area contributed by atoms with Gasteiger partial charge in [0.1, 0.15) is 11.6 Å². The zero-order valence-electron chi connectivity index (χ0n) is 22.6. The number of nitrogens with zero attached hydrogens (tertiary/aromatic N) is 3. The van der Waals surface area contributed by atoms with Crippen LogP contribution in [0.3, 0.4) is 0 Å². The molecule has 1 aromatic carbocycles. The van der Waals surface area contributed by atoms with Crippen molar-refractivity contribution in [3.63, 3.8) is 0 Å². The molecule has 10 heteroatoms. The molecule has 2 bridgehead atoms. The molecule has 7 atom stereocenters. The molecule has 3 saturated heterocycles. The molecule has 0 aliphatic carbocycles. The first-order valence-electron chi connectivity index (χ1n) is 13.3. The van der Waals surface area contributed by atoms with Crippen molar-refractivity contribution in [2.45, 2.75) is 55.3 Å². The Morgan fingerprint density at radius 1 is 1.23 bits per heavy atom. The second-order valence-corrected chi connectivity index (χ2v) is 12.7. The highest BCUT2D eigenvalue weighted by Crippen LogP contribution is 2.61. The van der Waals surface area contributed by atoms with Gasteiger partial charge in [-0.15, -0.1) is 13.2 Å². The molecule has 0 saturated carbocycles. The maximum atomic E-state index is 14.6. The molecule has 1 aromatic rings. The fourth-order valence-corrected chi connectivity index (χ4v) is 7.67. The van der Waals surface area contributed by atoms with Crippen LogP contribution in [0.1, 0.15) is 26.7 Å². The summed E-state index contributed by atoms with van der Waals surface area (Å²) >= 11 is 9.82. The molecule has 0 aromatic heterocycles. The number of halogens is 2. The van der Waals surface area contributed by atoms with Crippen LogP contribution in [0.4, 0.5) is 5.69 Å². The van der Waals surface area contributed by atoms with E-state index in [1.54, 1.807) is 48.4 Å². The van der Waals surface area contributed by atoms with E-state index in [1.165, 1.54) is 9.80 Å². The lowest BCUT2D eigenvalue weighted by atomic mass is 9.70. The number of hydrogen-bond acceptors (Lipinski definition) is 5. The van der Waals surface area contributed by atoms with Crippen LogP contribution in [0.25, 0.3) is 0 Å². The van der Waals surface area contributed by atoms with Gasteiger partial charge in [0.05, 0.1) is 30.6 Å². The topological polar surface area (TPSA) is 90.4 Å². The lowest BCUT2D eigenvalue weighted by Gasteiger charge is -2.39. The highest BCUT2D eigenvalue weighted by Gasteiger charge is 2.77. The molecular weight excluding hydrogens is 586 g/mol. The maximum Gasteiger partial charge on any atom is 0.253 e. The Balaban J connectivity index is 1.85. The number of hydrogen-bond donors (Lipinski definition) is 1. The molecule has 4 rings (SSSR count). The van der Waals surface area contributed by atoms with E-state index in [2.05, 4.69) is 29.1 Å². The molecule has 3 unspecified atom stereocenters. The minimum atomic E-state index is -1.22. The van der Waals surface area contributed by atoms with Crippen LogP contribution in [0.2, 0.25) is 5.02 Å². The van der Waals surface area contributed by atoms with E-state index in [0.717, 1.165) is 0 Å². The standard InChI is InChI=1S/C29H37BrClN3O5/c1-6-12-32(5)26(36)22-23-27(37)34(20(16-35)14-17(3)4)25(29(23)15-21(30)24(22)39-29)28(38)33(13-7-2)19-10-8-18(31)9-11-19/h6-11,17,20-25,35H,1-2,12-16H2,3-5H3/t20-,21?,22+,23+,24+,25?,29?/m1/s1. The second-order valence-electron chi connectivity index (χ2n) is 11.1. The number of fused-ring (bicyclic) bond motifs is 1. The van der Waals surface area contributed by atoms with Crippen molar-refractivity contribution >= 4 is 50.9 Å². The highest BCUT2D eigenvalue weighted by molar-refractivity contribution is 9.09. The third-order valence-corrected chi connectivity index (χ3v) is 9.19. The second kappa shape index (κ2) is 11.7. The van der Waals surface area contributed by atoms with Crippen LogP contribution in [-0.2, 0) is 19.1 Å². The molecule has 3 heterocycles. The number of carbonyl (C=O) groups is 3. The Kier molecular flexibility index (Phi) is 8.95. The third kappa shape index (κ3) is 5.07. The number of anilines is 1. The predicted octanol–water partition coefficient (Wildman–Crippen LogP) is 3.66. The monoisotopic (exact) mass is 621 g/mol. The zero-order valence-corrected chi connectivity index (χ0v) is 25.0. The number of likely N-dealkylation sites (tertiary alicyclic amines) is 1. The van der Waals surface area contributed by atoms with Crippen LogP contribution < -0.4 is 4.90 Å². The summed E-state index contributed by atoms with van der Waals surface area (Å²) in [7, 11) is 1.67. The smallest absolute Gasteiger partial charge is 0.253 e. The van der Waals surface area contributed by atoms with Crippen molar-refractivity contribution in [3.8, 4) is 0 Å². The van der Waals surface area contributed by atoms with Crippen molar-refractivity contribution in [2.75, 3.05) is 31.6 Å². The van der Waals surface area contributed by atoms with E-state index in [1.807, 2.05) is 13.8 Å². The molecule has 3 aliphatic rings. The number of ether oxygens (including phenoxy) is 1. The van der Waals surface area contributed by atoms with Gasteiger partial charge in [0, 0.05) is 35.7 Å². The van der Waals surface area contributed by atoms with Crippen LogP contribution in [0.5, 0.6) is 0 Å². The predicted molar refractivity (Wildman–Crippen MR) is 155 cm³/mol. The van der Waals surface area contributed by atoms with Gasteiger partial charge in [0.15, 0.2) is 0 Å². The third-order valence-electron chi connectivity index (χ3n) is 8.09. The Hall–Kier alpha value is -2.20. The quantitative estimate of drug-likeness (QED) is 0.301. The Morgan fingerprint density at radius 3 is 2.44 bits per heavy atom. The molecule has 1 spiro atoms. The van der Waals surface area contributed by atoms with Crippen LogP contribution in [-0.4, -0.2) is 88.0 Å². The highest BCUT2D eigenvalue weighted by atomic mass is 79.9. The molecular formula is C29H37BrClN3O5. The van der Waals surface area contributed by atoms with Gasteiger partial charge in [-0.2, -0.15) is 0 Å². The van der Waals surface area contributed by atoms with Crippen molar-refractivity contribution in [2.24, 2.45) is 17.8 Å². The maximum absolute atomic E-state index is 14.6. The largest absolute Gasteiger partial charge is 0.394 e. The summed E-state index contributed by atoms with van der Waals surface area (Å²) in [5, 5.41) is 11.0. The van der Waals surface area contributed by atoms with Gasteiger partial charge >= 0.3 is 0 Å². The van der Waals surface area contributed by atoms with Gasteiger partial charge in [0.25, 0.3) is 5.91 Å². The van der Waals surface area contributed by atoms with Gasteiger partial charge < -0.3 is 24.5 Å². The normalized spacial score (nSPS) is 29.9. The Bertz CT molecular complexity index is 1130. The van der Waals surface area contributed by atoms with E-state index in [0.29, 0.717) is 30.1 Å². The first kappa shape index (κ1) is 29.8. The van der Waals surface area contributed by atoms with Crippen LogP contribution >= 0.6 is 27.5 Å². The van der Waals surface area contributed by atoms with E-state index < -0.39 is 35.6 Å². The minimum Gasteiger partial charge on any atom is -0.394 e. The van der Waals surface area contributed by atoms with Gasteiger partial charge in [-0.05, 0) is 43.0 Å². The summed E-state index contributed by atoms with van der Waals surface area (Å²) in [5.74, 6) is -2.34. The molecule has 212 valence electrons. The summed E-state index contributed by atoms with van der Waals surface area (Å²) in [6.07, 6.45) is 3.58. The summed E-state index contributed by atoms with van der Waals surface area (Å²) in [6.45, 7) is 11.8. The summed E-state index contributed by atoms with van der Waals surface area (Å²) in [4.78, 5) is 47.0. The van der Waals surface area contributed by atoms with Crippen LogP contribution in [0.15, 0.2) is 49.6 Å². The summed E-state index contributed by atoms with van der Waals surface area (Å²) in [5.41, 5.74) is -0.624. The zero-order chi connectivity index (χ0) is 28.6. The van der Waals surface area contributed by atoms with Crippen molar-refractivity contribution in [3.05, 3.63) is 54.6 Å². The van der Waals surface area contributed by atoms with Gasteiger partial charge in [-0.3, -0.25) is 14.4 Å². The van der Waals surface area contributed by atoms with Crippen molar-refractivity contribution in [1.82, 2.24) is 9.80 Å². The number of aliphatic hydroxyl groups excluding tert-OH is 1. The molecule has 1 N–H and O–H groups in total. The number of benzene rings is 1. The average molecular weight is 623 g/mol. The lowest BCUT2D eigenvalue weighted by Crippen LogP contribution is -2.59. The number of amides is 3. The van der Waals surface area contributed by atoms with E-state index in [4.69, 9.17) is 16.3 Å². The lowest BCUT2D eigenvalue weighted by molar-refractivity contribution is -0.147. The van der Waals surface area contributed by atoms with E-state index in [-0.39, 0.29) is 41.6 Å². The van der Waals surface area contributed by atoms with Crippen LogP contribution in [0, 0.1) is 17.8 Å². The number of alkyl halides is 1. The van der Waals surface area contributed by atoms with Gasteiger partial charge in [-0.25, -0.2) is 0 Å². The first-order chi connectivity index (χ1) is 18.5. The fourth-order valence-electron chi connectivity index (χ4n) is 6.60. The number of aliphatic hydroxyl groups is 1. The number of likely N-dealkylation sites (N-methyl/N-ethyl adjacent to an activating group) is 1. The first-order valence-corrected chi connectivity index (χ1v) is 14.6. The molecule has 3 amide bonds. The number of carbonyl (C=O) groups excluding carboxylic acids is 3.